The quantitative estimate of drug-likeness (QED) is 0.406. The van der Waals surface area contributed by atoms with Crippen LogP contribution in [0, 0.1) is 11.6 Å². The molecular weight excluding hydrogens is 476 g/mol. The van der Waals surface area contributed by atoms with Crippen molar-refractivity contribution in [2.75, 3.05) is 14.2 Å². The summed E-state index contributed by atoms with van der Waals surface area (Å²) in [7, 11) is 2.66. The Morgan fingerprint density at radius 3 is 2.56 bits per heavy atom. The maximum atomic E-state index is 14.3. The van der Waals surface area contributed by atoms with Crippen molar-refractivity contribution in [3.05, 3.63) is 69.0 Å². The summed E-state index contributed by atoms with van der Waals surface area (Å²) in [5, 5.41) is 0.0703. The van der Waals surface area contributed by atoms with Gasteiger partial charge in [0, 0.05) is 12.1 Å². The van der Waals surface area contributed by atoms with E-state index in [0.717, 1.165) is 17.0 Å². The Balaban J connectivity index is 1.82. The second-order valence-corrected chi connectivity index (χ2v) is 7.24. The summed E-state index contributed by atoms with van der Waals surface area (Å²) in [4.78, 5) is 34.7. The van der Waals surface area contributed by atoms with Crippen molar-refractivity contribution in [2.24, 2.45) is 5.73 Å². The van der Waals surface area contributed by atoms with Gasteiger partial charge in [-0.3, -0.25) is 4.79 Å². The molecule has 2 aromatic carbocycles. The molecule has 10 nitrogen and oxygen atoms in total. The molecule has 0 aliphatic rings. The highest BCUT2D eigenvalue weighted by molar-refractivity contribution is 6.32. The van der Waals surface area contributed by atoms with E-state index in [0.29, 0.717) is 0 Å². The minimum atomic E-state index is -1.13. The molecule has 176 valence electrons. The Kier molecular flexibility index (Phi) is 6.07. The summed E-state index contributed by atoms with van der Waals surface area (Å²) in [5.41, 5.74) is 4.44. The van der Waals surface area contributed by atoms with Gasteiger partial charge < -0.3 is 24.9 Å². The van der Waals surface area contributed by atoms with E-state index in [1.807, 2.05) is 0 Å². The number of nitrogens with two attached hydrogens (primary N) is 1. The Morgan fingerprint density at radius 1 is 1.15 bits per heavy atom. The number of aromatic nitrogens is 4. The first-order chi connectivity index (χ1) is 16.3. The number of methoxy groups -OCH3 is 2. The van der Waals surface area contributed by atoms with Crippen LogP contribution in [0.15, 0.2) is 35.4 Å². The van der Waals surface area contributed by atoms with Gasteiger partial charge in [-0.25, -0.2) is 28.1 Å². The van der Waals surface area contributed by atoms with Crippen LogP contribution in [0.1, 0.15) is 16.1 Å². The molecule has 2 heterocycles. The number of H-pyrrole nitrogens is 1. The lowest BCUT2D eigenvalue weighted by molar-refractivity contribution is 0.0997. The lowest BCUT2D eigenvalue weighted by Gasteiger charge is -2.16. The Hall–Kier alpha value is -4.19. The number of primary amides is 1. The summed E-state index contributed by atoms with van der Waals surface area (Å²) < 4.78 is 45.2. The Labute approximate surface area is 194 Å². The van der Waals surface area contributed by atoms with Crippen molar-refractivity contribution in [2.45, 2.75) is 6.61 Å². The van der Waals surface area contributed by atoms with Gasteiger partial charge in [-0.05, 0) is 12.1 Å². The van der Waals surface area contributed by atoms with Crippen LogP contribution in [-0.2, 0) is 6.61 Å². The minimum Gasteiger partial charge on any atom is -0.496 e. The molecule has 0 atom stereocenters. The number of nitrogens with zero attached hydrogens (tertiary/aromatic N) is 3. The van der Waals surface area contributed by atoms with Crippen molar-refractivity contribution < 1.29 is 27.8 Å². The molecule has 0 aliphatic carbocycles. The van der Waals surface area contributed by atoms with Gasteiger partial charge in [-0.2, -0.15) is 0 Å². The Bertz CT molecular complexity index is 1490. The minimum absolute atomic E-state index is 0.0147. The molecular formula is C21H16ClF2N5O5. The zero-order valence-electron chi connectivity index (χ0n) is 17.7. The van der Waals surface area contributed by atoms with Crippen LogP contribution >= 0.6 is 11.6 Å². The molecule has 0 aliphatic heterocycles. The van der Waals surface area contributed by atoms with E-state index in [1.165, 1.54) is 32.4 Å². The fourth-order valence-corrected chi connectivity index (χ4v) is 3.59. The fraction of sp³-hybridized carbons (Fsp3) is 0.143. The van der Waals surface area contributed by atoms with Crippen LogP contribution < -0.4 is 25.6 Å². The number of ether oxygens (including phenoxy) is 3. The first-order valence-electron chi connectivity index (χ1n) is 9.53. The zero-order chi connectivity index (χ0) is 24.6. The lowest BCUT2D eigenvalue weighted by atomic mass is 10.2. The molecule has 3 N–H and O–H groups in total. The first-order valence-corrected chi connectivity index (χ1v) is 9.91. The van der Waals surface area contributed by atoms with Gasteiger partial charge in [0.05, 0.1) is 30.5 Å². The van der Waals surface area contributed by atoms with E-state index in [-0.39, 0.29) is 50.4 Å². The normalized spacial score (nSPS) is 11.0. The molecule has 0 saturated carbocycles. The molecule has 4 rings (SSSR count). The van der Waals surface area contributed by atoms with Gasteiger partial charge >= 0.3 is 5.69 Å². The number of hydrogen-bond donors (Lipinski definition) is 2. The molecule has 13 heteroatoms. The number of rotatable bonds is 7. The third-order valence-corrected chi connectivity index (χ3v) is 5.23. The van der Waals surface area contributed by atoms with Crippen LogP contribution in [0.2, 0.25) is 5.02 Å². The average Bonchev–Trinajstić information content (AvgIpc) is 3.15. The highest BCUT2D eigenvalue weighted by atomic mass is 35.5. The molecule has 0 unspecified atom stereocenters. The summed E-state index contributed by atoms with van der Waals surface area (Å²) in [5.74, 6) is -2.77. The standard InChI is InChI=1S/C21H16ClF2N5O5/c1-32-13-4-3-11(23)16(24)9(13)7-34-15-6-12(10(22)5-14(15)33-2)29-20-18(28-21(29)31)17(19(25)30)26-8-27-20/h3-6,8H,7H2,1-2H3,(H2,25,30)(H,28,31). The number of aromatic amines is 1. The first kappa shape index (κ1) is 23.0. The summed E-state index contributed by atoms with van der Waals surface area (Å²) in [6, 6.07) is 4.92. The smallest absolute Gasteiger partial charge is 0.332 e. The number of nitrogens with one attached hydrogen (secondary N) is 1. The molecule has 2 aromatic heterocycles. The SMILES string of the molecule is COc1cc(Cl)c(-n2c(=O)[nH]c3c(C(N)=O)ncnc32)cc1OCc1c(OC)ccc(F)c1F. The zero-order valence-corrected chi connectivity index (χ0v) is 18.4. The summed E-state index contributed by atoms with van der Waals surface area (Å²) >= 11 is 6.38. The molecule has 34 heavy (non-hydrogen) atoms. The maximum Gasteiger partial charge on any atom is 0.332 e. The van der Waals surface area contributed by atoms with Crippen molar-refractivity contribution in [1.29, 1.82) is 0 Å². The van der Waals surface area contributed by atoms with Crippen LogP contribution in [0.25, 0.3) is 16.9 Å². The molecule has 0 bridgehead atoms. The Morgan fingerprint density at radius 2 is 1.88 bits per heavy atom. The molecule has 4 aromatic rings. The van der Waals surface area contributed by atoms with Gasteiger partial charge in [-0.1, -0.05) is 11.6 Å². The number of amides is 1. The predicted octanol–water partition coefficient (Wildman–Crippen LogP) is 2.74. The highest BCUT2D eigenvalue weighted by Gasteiger charge is 2.22. The van der Waals surface area contributed by atoms with E-state index in [1.54, 1.807) is 0 Å². The van der Waals surface area contributed by atoms with E-state index in [4.69, 9.17) is 31.5 Å². The van der Waals surface area contributed by atoms with Crippen LogP contribution in [0.4, 0.5) is 8.78 Å². The van der Waals surface area contributed by atoms with Gasteiger partial charge in [0.2, 0.25) is 0 Å². The van der Waals surface area contributed by atoms with Crippen LogP contribution in [-0.4, -0.2) is 39.6 Å². The number of carbonyl (C=O) groups is 1. The number of halogens is 3. The molecule has 0 saturated heterocycles. The van der Waals surface area contributed by atoms with E-state index < -0.39 is 29.8 Å². The van der Waals surface area contributed by atoms with Gasteiger partial charge in [-0.15, -0.1) is 0 Å². The second kappa shape index (κ2) is 8.98. The van der Waals surface area contributed by atoms with Crippen LogP contribution in [0.5, 0.6) is 17.2 Å². The van der Waals surface area contributed by atoms with Crippen molar-refractivity contribution >= 4 is 28.7 Å². The van der Waals surface area contributed by atoms with E-state index in [9.17, 15) is 18.4 Å². The molecule has 0 fully saturated rings. The predicted molar refractivity (Wildman–Crippen MR) is 117 cm³/mol. The summed E-state index contributed by atoms with van der Waals surface area (Å²) in [6.07, 6.45) is 1.07. The fourth-order valence-electron chi connectivity index (χ4n) is 3.35. The monoisotopic (exact) mass is 491 g/mol. The summed E-state index contributed by atoms with van der Waals surface area (Å²) in [6.45, 7) is -0.430. The average molecular weight is 492 g/mol. The number of imidazole rings is 1. The molecule has 0 spiro atoms. The van der Waals surface area contributed by atoms with Crippen molar-refractivity contribution in [3.63, 3.8) is 0 Å². The van der Waals surface area contributed by atoms with Gasteiger partial charge in [0.25, 0.3) is 5.91 Å². The maximum absolute atomic E-state index is 14.3. The number of benzene rings is 2. The van der Waals surface area contributed by atoms with E-state index in [2.05, 4.69) is 15.0 Å². The third kappa shape index (κ3) is 3.88. The largest absolute Gasteiger partial charge is 0.496 e. The molecule has 1 amide bonds. The second-order valence-electron chi connectivity index (χ2n) is 6.84. The molecule has 0 radical (unpaired) electrons. The topological polar surface area (TPSA) is 134 Å². The van der Waals surface area contributed by atoms with Crippen molar-refractivity contribution in [1.82, 2.24) is 19.5 Å². The van der Waals surface area contributed by atoms with Crippen molar-refractivity contribution in [3.8, 4) is 22.9 Å². The lowest BCUT2D eigenvalue weighted by Crippen LogP contribution is -2.15. The number of carbonyl (C=O) groups excluding carboxylic acids is 1. The third-order valence-electron chi connectivity index (χ3n) is 4.93. The van der Waals surface area contributed by atoms with Crippen LogP contribution in [0.3, 0.4) is 0 Å². The highest BCUT2D eigenvalue weighted by Crippen LogP contribution is 2.37. The van der Waals surface area contributed by atoms with Gasteiger partial charge in [0.1, 0.15) is 24.2 Å². The number of hydrogen-bond acceptors (Lipinski definition) is 7. The van der Waals surface area contributed by atoms with E-state index >= 15 is 0 Å². The number of fused-ring (bicyclic) bond motifs is 1. The van der Waals surface area contributed by atoms with Gasteiger partial charge in [0.15, 0.2) is 34.5 Å².